The summed E-state index contributed by atoms with van der Waals surface area (Å²) in [6.45, 7) is 4.93. The van der Waals surface area contributed by atoms with Crippen LogP contribution >= 0.6 is 0 Å². The minimum absolute atomic E-state index is 0.0924. The number of nitrogens with zero attached hydrogens (tertiary/aromatic N) is 1. The summed E-state index contributed by atoms with van der Waals surface area (Å²) in [5.74, 6) is 0.163. The molecule has 0 bridgehead atoms. The third-order valence-electron chi connectivity index (χ3n) is 3.10. The van der Waals surface area contributed by atoms with Crippen LogP contribution in [-0.4, -0.2) is 24.5 Å². The molecule has 2 unspecified atom stereocenters. The van der Waals surface area contributed by atoms with Crippen LogP contribution in [0.25, 0.3) is 0 Å². The van der Waals surface area contributed by atoms with E-state index in [9.17, 15) is 4.79 Å². The van der Waals surface area contributed by atoms with Crippen LogP contribution in [0.3, 0.4) is 0 Å². The maximum atomic E-state index is 12.2. The SMILES string of the molecule is CC1NCCC(C)N(c2ccccc2)C1=O. The molecule has 86 valence electrons. The highest BCUT2D eigenvalue weighted by Crippen LogP contribution is 2.20. The van der Waals surface area contributed by atoms with Crippen molar-refractivity contribution in [2.24, 2.45) is 0 Å². The van der Waals surface area contributed by atoms with Gasteiger partial charge in [0.05, 0.1) is 6.04 Å². The first-order valence-corrected chi connectivity index (χ1v) is 5.81. The zero-order valence-corrected chi connectivity index (χ0v) is 9.81. The molecule has 1 saturated heterocycles. The molecule has 1 amide bonds. The molecule has 1 heterocycles. The highest BCUT2D eigenvalue weighted by Gasteiger charge is 2.28. The smallest absolute Gasteiger partial charge is 0.244 e. The molecule has 0 radical (unpaired) electrons. The number of rotatable bonds is 1. The number of benzene rings is 1. The molecule has 0 saturated carbocycles. The molecule has 1 N–H and O–H groups in total. The minimum atomic E-state index is -0.0924. The predicted octanol–water partition coefficient (Wildman–Crippen LogP) is 1.79. The van der Waals surface area contributed by atoms with E-state index in [1.165, 1.54) is 0 Å². The molecule has 1 aromatic carbocycles. The molecule has 3 heteroatoms. The molecule has 1 fully saturated rings. The number of carbonyl (C=O) groups is 1. The first-order valence-electron chi connectivity index (χ1n) is 5.81. The molecule has 1 aromatic rings. The fourth-order valence-electron chi connectivity index (χ4n) is 2.12. The summed E-state index contributed by atoms with van der Waals surface area (Å²) in [7, 11) is 0. The monoisotopic (exact) mass is 218 g/mol. The second kappa shape index (κ2) is 4.66. The molecule has 1 aliphatic heterocycles. The van der Waals surface area contributed by atoms with Crippen molar-refractivity contribution >= 4 is 11.6 Å². The van der Waals surface area contributed by atoms with E-state index in [4.69, 9.17) is 0 Å². The Balaban J connectivity index is 2.32. The first kappa shape index (κ1) is 11.1. The van der Waals surface area contributed by atoms with Crippen molar-refractivity contribution in [1.29, 1.82) is 0 Å². The van der Waals surface area contributed by atoms with Crippen molar-refractivity contribution in [3.8, 4) is 0 Å². The van der Waals surface area contributed by atoms with E-state index in [2.05, 4.69) is 12.2 Å². The first-order chi connectivity index (χ1) is 7.70. The molecule has 3 nitrogen and oxygen atoms in total. The van der Waals surface area contributed by atoms with Gasteiger partial charge in [0.2, 0.25) is 5.91 Å². The third kappa shape index (κ3) is 2.09. The Hall–Kier alpha value is -1.35. The average Bonchev–Trinajstić information content (AvgIpc) is 2.41. The van der Waals surface area contributed by atoms with Crippen LogP contribution in [0, 0.1) is 0 Å². The normalized spacial score (nSPS) is 26.6. The van der Waals surface area contributed by atoms with Gasteiger partial charge in [-0.2, -0.15) is 0 Å². The van der Waals surface area contributed by atoms with Gasteiger partial charge >= 0.3 is 0 Å². The third-order valence-corrected chi connectivity index (χ3v) is 3.10. The van der Waals surface area contributed by atoms with E-state index in [1.54, 1.807) is 0 Å². The Labute approximate surface area is 96.5 Å². The van der Waals surface area contributed by atoms with Gasteiger partial charge in [0.1, 0.15) is 0 Å². The van der Waals surface area contributed by atoms with Gasteiger partial charge in [-0.3, -0.25) is 4.79 Å². The van der Waals surface area contributed by atoms with Crippen LogP contribution in [0.2, 0.25) is 0 Å². The summed E-state index contributed by atoms with van der Waals surface area (Å²) in [5.41, 5.74) is 0.996. The number of hydrogen-bond acceptors (Lipinski definition) is 2. The van der Waals surface area contributed by atoms with Crippen LogP contribution in [0.1, 0.15) is 20.3 Å². The zero-order valence-electron chi connectivity index (χ0n) is 9.81. The Kier molecular flexibility index (Phi) is 3.25. The lowest BCUT2D eigenvalue weighted by molar-refractivity contribution is -0.120. The molecule has 0 spiro atoms. The number of nitrogens with one attached hydrogen (secondary N) is 1. The highest BCUT2D eigenvalue weighted by molar-refractivity contribution is 5.97. The Morgan fingerprint density at radius 3 is 2.62 bits per heavy atom. The van der Waals surface area contributed by atoms with Gasteiger partial charge in [-0.1, -0.05) is 18.2 Å². The number of hydrogen-bond donors (Lipinski definition) is 1. The van der Waals surface area contributed by atoms with Crippen molar-refractivity contribution in [3.63, 3.8) is 0 Å². The standard InChI is InChI=1S/C13H18N2O/c1-10-8-9-14-11(2)13(16)15(10)12-6-4-3-5-7-12/h3-7,10-11,14H,8-9H2,1-2H3. The van der Waals surface area contributed by atoms with E-state index in [1.807, 2.05) is 42.2 Å². The fourth-order valence-corrected chi connectivity index (χ4v) is 2.12. The number of para-hydroxylation sites is 1. The topological polar surface area (TPSA) is 32.3 Å². The molecule has 2 rings (SSSR count). The van der Waals surface area contributed by atoms with Gasteiger partial charge in [-0.05, 0) is 38.9 Å². The number of carbonyl (C=O) groups excluding carboxylic acids is 1. The predicted molar refractivity (Wildman–Crippen MR) is 65.5 cm³/mol. The summed E-state index contributed by atoms with van der Waals surface area (Å²) >= 11 is 0. The van der Waals surface area contributed by atoms with Gasteiger partial charge in [0, 0.05) is 11.7 Å². The Morgan fingerprint density at radius 1 is 1.25 bits per heavy atom. The minimum Gasteiger partial charge on any atom is -0.308 e. The van der Waals surface area contributed by atoms with Crippen LogP contribution in [0.15, 0.2) is 30.3 Å². The van der Waals surface area contributed by atoms with Crippen molar-refractivity contribution in [2.75, 3.05) is 11.4 Å². The summed E-state index contributed by atoms with van der Waals surface area (Å²) in [6, 6.07) is 10.1. The van der Waals surface area contributed by atoms with Crippen molar-refractivity contribution in [3.05, 3.63) is 30.3 Å². The summed E-state index contributed by atoms with van der Waals surface area (Å²) in [5, 5.41) is 3.23. The van der Waals surface area contributed by atoms with Gasteiger partial charge < -0.3 is 10.2 Å². The van der Waals surface area contributed by atoms with Crippen molar-refractivity contribution < 1.29 is 4.79 Å². The van der Waals surface area contributed by atoms with Gasteiger partial charge in [-0.25, -0.2) is 0 Å². The zero-order chi connectivity index (χ0) is 11.5. The van der Waals surface area contributed by atoms with E-state index < -0.39 is 0 Å². The molecule has 1 aliphatic rings. The van der Waals surface area contributed by atoms with E-state index >= 15 is 0 Å². The molecule has 16 heavy (non-hydrogen) atoms. The largest absolute Gasteiger partial charge is 0.308 e. The molecular weight excluding hydrogens is 200 g/mol. The van der Waals surface area contributed by atoms with E-state index in [0.717, 1.165) is 18.7 Å². The van der Waals surface area contributed by atoms with Crippen molar-refractivity contribution in [2.45, 2.75) is 32.4 Å². The number of anilines is 1. The lowest BCUT2D eigenvalue weighted by Gasteiger charge is -2.28. The van der Waals surface area contributed by atoms with Gasteiger partial charge in [-0.15, -0.1) is 0 Å². The quantitative estimate of drug-likeness (QED) is 0.779. The Morgan fingerprint density at radius 2 is 1.94 bits per heavy atom. The maximum absolute atomic E-state index is 12.2. The maximum Gasteiger partial charge on any atom is 0.244 e. The van der Waals surface area contributed by atoms with E-state index in [0.29, 0.717) is 0 Å². The van der Waals surface area contributed by atoms with Gasteiger partial charge in [0.25, 0.3) is 0 Å². The highest BCUT2D eigenvalue weighted by atomic mass is 16.2. The average molecular weight is 218 g/mol. The molecular formula is C13H18N2O. The molecule has 0 aromatic heterocycles. The summed E-state index contributed by atoms with van der Waals surface area (Å²) < 4.78 is 0. The van der Waals surface area contributed by atoms with Crippen LogP contribution in [0.5, 0.6) is 0 Å². The van der Waals surface area contributed by atoms with Gasteiger partial charge in [0.15, 0.2) is 0 Å². The second-order valence-electron chi connectivity index (χ2n) is 4.36. The second-order valence-corrected chi connectivity index (χ2v) is 4.36. The van der Waals surface area contributed by atoms with Crippen LogP contribution in [0.4, 0.5) is 5.69 Å². The molecule has 0 aliphatic carbocycles. The van der Waals surface area contributed by atoms with Crippen molar-refractivity contribution in [1.82, 2.24) is 5.32 Å². The van der Waals surface area contributed by atoms with Crippen LogP contribution < -0.4 is 10.2 Å². The Bertz CT molecular complexity index is 363. The lowest BCUT2D eigenvalue weighted by atomic mass is 10.1. The summed E-state index contributed by atoms with van der Waals surface area (Å²) in [4.78, 5) is 14.1. The van der Waals surface area contributed by atoms with Crippen LogP contribution in [-0.2, 0) is 4.79 Å². The number of amides is 1. The summed E-state index contributed by atoms with van der Waals surface area (Å²) in [6.07, 6.45) is 0.991. The fraction of sp³-hybridized carbons (Fsp3) is 0.462. The molecule has 2 atom stereocenters. The van der Waals surface area contributed by atoms with E-state index in [-0.39, 0.29) is 18.0 Å². The lowest BCUT2D eigenvalue weighted by Crippen LogP contribution is -2.44.